The summed E-state index contributed by atoms with van der Waals surface area (Å²) in [7, 11) is -9.71. The molecule has 16 heteroatoms. The molecule has 1 saturated heterocycles. The number of carbonyl (C=O) groups is 2. The molecule has 1 heterocycles. The van der Waals surface area contributed by atoms with E-state index in [0.717, 1.165) is 50.9 Å². The average molecular weight is 923 g/mol. The fourth-order valence-corrected chi connectivity index (χ4v) is 7.83. The third-order valence-electron chi connectivity index (χ3n) is 10.4. The molecule has 14 nitrogen and oxygen atoms in total. The minimum Gasteiger partial charge on any atom is -0.462 e. The molecule has 0 aromatic heterocycles. The van der Waals surface area contributed by atoms with Gasteiger partial charge < -0.3 is 34.0 Å². The molecule has 1 fully saturated rings. The molecule has 362 valence electrons. The Morgan fingerprint density at radius 2 is 1.15 bits per heavy atom. The van der Waals surface area contributed by atoms with E-state index in [1.807, 2.05) is 0 Å². The molecule has 1 aliphatic heterocycles. The Hall–Kier alpha value is -1.70. The van der Waals surface area contributed by atoms with E-state index >= 15 is 0 Å². The van der Waals surface area contributed by atoms with Gasteiger partial charge in [0.2, 0.25) is 0 Å². The highest BCUT2D eigenvalue weighted by Crippen LogP contribution is 2.44. The number of hydrogen-bond acceptors (Lipinski definition) is 11. The summed E-state index contributed by atoms with van der Waals surface area (Å²) in [6.07, 6.45) is 37.2. The molecular weight excluding hydrogens is 838 g/mol. The van der Waals surface area contributed by atoms with Crippen molar-refractivity contribution >= 4 is 27.6 Å². The highest BCUT2D eigenvalue weighted by atomic mass is 31.2. The van der Waals surface area contributed by atoms with Crippen molar-refractivity contribution in [1.29, 1.82) is 0 Å². The molecule has 0 saturated carbocycles. The Kier molecular flexibility index (Phi) is 35.3. The van der Waals surface area contributed by atoms with Crippen LogP contribution in [0.25, 0.3) is 0 Å². The fourth-order valence-electron chi connectivity index (χ4n) is 6.68. The van der Waals surface area contributed by atoms with Gasteiger partial charge in [0.15, 0.2) is 6.10 Å². The number of phosphoric acid groups is 2. The summed E-state index contributed by atoms with van der Waals surface area (Å²) in [5.74, 6) is -0.294. The van der Waals surface area contributed by atoms with Gasteiger partial charge in [0.1, 0.15) is 12.7 Å². The molecule has 4 N–H and O–H groups in total. The van der Waals surface area contributed by atoms with Gasteiger partial charge in [-0.3, -0.25) is 23.2 Å². The van der Waals surface area contributed by atoms with Crippen molar-refractivity contribution in [2.75, 3.05) is 26.4 Å². The first kappa shape index (κ1) is 58.3. The number of ether oxygens (including phenoxy) is 3. The van der Waals surface area contributed by atoms with Crippen LogP contribution in [-0.2, 0) is 46.5 Å². The van der Waals surface area contributed by atoms with E-state index in [1.54, 1.807) is 0 Å². The number of rotatable bonds is 43. The highest BCUT2D eigenvalue weighted by molar-refractivity contribution is 7.47. The largest absolute Gasteiger partial charge is 0.472 e. The van der Waals surface area contributed by atoms with Crippen LogP contribution in [-0.4, -0.2) is 82.6 Å². The van der Waals surface area contributed by atoms with Crippen molar-refractivity contribution in [3.05, 3.63) is 36.5 Å². The van der Waals surface area contributed by atoms with Gasteiger partial charge in [0.25, 0.3) is 0 Å². The number of aliphatic hydroxyl groups is 1. The molecule has 0 aromatic rings. The van der Waals surface area contributed by atoms with Crippen LogP contribution in [0.2, 0.25) is 0 Å². The van der Waals surface area contributed by atoms with Crippen LogP contribution >= 0.6 is 15.6 Å². The molecule has 5 atom stereocenters. The standard InChI is InChI=1S/C46H84O14P2/c1-4-5-6-7-8-9-10-16-19-22-25-28-32-43-44(60-43)33-30-35-46(49)59-42(39-58-62(53,54)57-37-41(47)36-56-61(50,51)52)38-55-45(48)34-29-26-23-20-17-14-12-11-13-15-18-21-24-27-31-40(2)3/h8-9,16,19,25,28,40-44,47H,4-7,10-15,17-18,20-24,26-27,29-39H2,1-3H3,(H,53,54)(H2,50,51,52)/b9-8-,19-16-,28-25-/t41-,42+,43?,44?/m0/s1. The molecular formula is C46H84O14P2. The summed E-state index contributed by atoms with van der Waals surface area (Å²) in [5.41, 5.74) is 0. The smallest absolute Gasteiger partial charge is 0.462 e. The lowest BCUT2D eigenvalue weighted by Crippen LogP contribution is -2.30. The molecule has 0 bridgehead atoms. The van der Waals surface area contributed by atoms with Gasteiger partial charge in [-0.2, -0.15) is 0 Å². The zero-order chi connectivity index (χ0) is 45.7. The zero-order valence-electron chi connectivity index (χ0n) is 38.3. The monoisotopic (exact) mass is 923 g/mol. The van der Waals surface area contributed by atoms with Crippen LogP contribution in [0.5, 0.6) is 0 Å². The van der Waals surface area contributed by atoms with E-state index in [4.69, 9.17) is 33.0 Å². The van der Waals surface area contributed by atoms with Crippen molar-refractivity contribution in [2.24, 2.45) is 5.92 Å². The summed E-state index contributed by atoms with van der Waals surface area (Å²) >= 11 is 0. The highest BCUT2D eigenvalue weighted by Gasteiger charge is 2.37. The zero-order valence-corrected chi connectivity index (χ0v) is 40.1. The minimum atomic E-state index is -4.87. The van der Waals surface area contributed by atoms with Crippen molar-refractivity contribution in [2.45, 2.75) is 212 Å². The molecule has 1 aliphatic rings. The summed E-state index contributed by atoms with van der Waals surface area (Å²) in [6, 6.07) is 0. The van der Waals surface area contributed by atoms with Crippen LogP contribution in [0.1, 0.15) is 188 Å². The predicted octanol–water partition coefficient (Wildman–Crippen LogP) is 11.3. The van der Waals surface area contributed by atoms with E-state index < -0.39 is 66.2 Å². The van der Waals surface area contributed by atoms with E-state index in [1.165, 1.54) is 89.9 Å². The number of carbonyl (C=O) groups excluding carboxylic acids is 2. The molecule has 0 aromatic carbocycles. The molecule has 0 radical (unpaired) electrons. The SMILES string of the molecule is CCCCC/C=C\C/C=C\C/C=C\CC1OC1CCCC(=O)O[C@H](COC(=O)CCCCCCCCCCCCCCCCC(C)C)COP(=O)(O)OC[C@@H](O)COP(=O)(O)O. The van der Waals surface area contributed by atoms with Gasteiger partial charge in [-0.05, 0) is 57.3 Å². The number of allylic oxidation sites excluding steroid dienone is 5. The Labute approximate surface area is 373 Å². The summed E-state index contributed by atoms with van der Waals surface area (Å²) in [6.45, 7) is 4.00. The van der Waals surface area contributed by atoms with Gasteiger partial charge in [-0.15, -0.1) is 0 Å². The first-order valence-corrected chi connectivity index (χ1v) is 26.7. The second kappa shape index (κ2) is 37.5. The number of epoxide rings is 1. The first-order valence-electron chi connectivity index (χ1n) is 23.7. The molecule has 0 aliphatic carbocycles. The summed E-state index contributed by atoms with van der Waals surface area (Å²) < 4.78 is 53.7. The Bertz CT molecular complexity index is 1320. The maximum atomic E-state index is 12.8. The summed E-state index contributed by atoms with van der Waals surface area (Å²) in [5, 5.41) is 9.77. The lowest BCUT2D eigenvalue weighted by molar-refractivity contribution is -0.161. The van der Waals surface area contributed by atoms with Crippen LogP contribution in [0.15, 0.2) is 36.5 Å². The predicted molar refractivity (Wildman–Crippen MR) is 243 cm³/mol. The number of unbranched alkanes of at least 4 members (excludes halogenated alkanes) is 16. The maximum Gasteiger partial charge on any atom is 0.472 e. The van der Waals surface area contributed by atoms with Crippen LogP contribution in [0, 0.1) is 5.92 Å². The number of phosphoric ester groups is 2. The lowest BCUT2D eigenvalue weighted by atomic mass is 10.0. The van der Waals surface area contributed by atoms with Gasteiger partial charge in [0.05, 0.1) is 32.0 Å². The van der Waals surface area contributed by atoms with E-state index in [-0.39, 0.29) is 25.0 Å². The minimum absolute atomic E-state index is 0.0441. The van der Waals surface area contributed by atoms with E-state index in [0.29, 0.717) is 19.3 Å². The second-order valence-electron chi connectivity index (χ2n) is 16.9. The summed E-state index contributed by atoms with van der Waals surface area (Å²) in [4.78, 5) is 52.9. The molecule has 62 heavy (non-hydrogen) atoms. The lowest BCUT2D eigenvalue weighted by Gasteiger charge is -2.20. The van der Waals surface area contributed by atoms with Crippen molar-refractivity contribution in [3.63, 3.8) is 0 Å². The first-order chi connectivity index (χ1) is 29.7. The van der Waals surface area contributed by atoms with Crippen LogP contribution in [0.4, 0.5) is 0 Å². The third kappa shape index (κ3) is 38.7. The van der Waals surface area contributed by atoms with Gasteiger partial charge in [-0.1, -0.05) is 160 Å². The van der Waals surface area contributed by atoms with E-state index in [2.05, 4.69) is 61.8 Å². The number of aliphatic hydroxyl groups excluding tert-OH is 1. The third-order valence-corrected chi connectivity index (χ3v) is 11.8. The normalized spacial score (nSPS) is 17.6. The Morgan fingerprint density at radius 1 is 0.613 bits per heavy atom. The number of esters is 2. The molecule has 1 rings (SSSR count). The van der Waals surface area contributed by atoms with Gasteiger partial charge in [-0.25, -0.2) is 9.13 Å². The van der Waals surface area contributed by atoms with Gasteiger partial charge >= 0.3 is 27.6 Å². The quantitative estimate of drug-likeness (QED) is 0.0148. The molecule has 0 spiro atoms. The fraction of sp³-hybridized carbons (Fsp3) is 0.826. The topological polar surface area (TPSA) is 208 Å². The van der Waals surface area contributed by atoms with Gasteiger partial charge in [0, 0.05) is 12.8 Å². The Balaban J connectivity index is 2.38. The van der Waals surface area contributed by atoms with Crippen LogP contribution < -0.4 is 0 Å². The van der Waals surface area contributed by atoms with Crippen molar-refractivity contribution in [1.82, 2.24) is 0 Å². The van der Waals surface area contributed by atoms with Crippen molar-refractivity contribution < 1.29 is 66.3 Å². The molecule has 0 amide bonds. The maximum absolute atomic E-state index is 12.8. The van der Waals surface area contributed by atoms with E-state index in [9.17, 15) is 28.7 Å². The number of hydrogen-bond donors (Lipinski definition) is 4. The Morgan fingerprint density at radius 3 is 1.74 bits per heavy atom. The van der Waals surface area contributed by atoms with Crippen LogP contribution in [0.3, 0.4) is 0 Å². The second-order valence-corrected chi connectivity index (χ2v) is 19.6. The van der Waals surface area contributed by atoms with Crippen molar-refractivity contribution in [3.8, 4) is 0 Å². The molecule has 3 unspecified atom stereocenters. The average Bonchev–Trinajstić information content (AvgIpc) is 3.97.